The van der Waals surface area contributed by atoms with E-state index in [2.05, 4.69) is 5.32 Å². The fraction of sp³-hybridized carbons (Fsp3) is 0.150. The molecule has 2 aliphatic heterocycles. The third-order valence-electron chi connectivity index (χ3n) is 5.10. The Kier molecular flexibility index (Phi) is 2.65. The van der Waals surface area contributed by atoms with Crippen LogP contribution in [0.5, 0.6) is 0 Å². The highest BCUT2D eigenvalue weighted by Crippen LogP contribution is 2.50. The molecular formula is C20H14N2O2. The predicted octanol–water partition coefficient (Wildman–Crippen LogP) is 2.99. The molecule has 1 saturated heterocycles. The van der Waals surface area contributed by atoms with Gasteiger partial charge in [-0.15, -0.1) is 0 Å². The Morgan fingerprint density at radius 3 is 2.54 bits per heavy atom. The Morgan fingerprint density at radius 1 is 0.958 bits per heavy atom. The number of hydrogen-bond acceptors (Lipinski definition) is 3. The van der Waals surface area contributed by atoms with E-state index in [9.17, 15) is 9.59 Å². The van der Waals surface area contributed by atoms with Gasteiger partial charge in [-0.3, -0.25) is 19.9 Å². The van der Waals surface area contributed by atoms with E-state index in [-0.39, 0.29) is 17.7 Å². The van der Waals surface area contributed by atoms with E-state index in [1.54, 1.807) is 0 Å². The highest BCUT2D eigenvalue weighted by atomic mass is 16.2. The van der Waals surface area contributed by atoms with Crippen molar-refractivity contribution in [3.05, 3.63) is 71.3 Å². The summed E-state index contributed by atoms with van der Waals surface area (Å²) in [6.07, 6.45) is 0.670. The van der Waals surface area contributed by atoms with Gasteiger partial charge in [-0.2, -0.15) is 0 Å². The normalized spacial score (nSPS) is 24.2. The van der Waals surface area contributed by atoms with Gasteiger partial charge < -0.3 is 0 Å². The minimum absolute atomic E-state index is 0.0514. The summed E-state index contributed by atoms with van der Waals surface area (Å²) in [5, 5.41) is 2.51. The molecule has 2 heterocycles. The van der Waals surface area contributed by atoms with Crippen LogP contribution in [0.1, 0.15) is 23.5 Å². The standard InChI is InChI=1S/C20H14N2O2/c23-19-17-13(11-6-2-1-3-7-11)10-15-16(18(17)20(24)22-19)12-8-4-5-9-14(12)21-15/h1-9,13,17H,10H2,(H,22,23,24). The molecule has 4 nitrogen and oxygen atoms in total. The predicted molar refractivity (Wildman–Crippen MR) is 90.9 cm³/mol. The summed E-state index contributed by atoms with van der Waals surface area (Å²) in [5.41, 5.74) is 5.29. The molecule has 24 heavy (non-hydrogen) atoms. The number of allylic oxidation sites excluding steroid dienone is 1. The third kappa shape index (κ3) is 1.71. The number of nitrogens with one attached hydrogen (secondary N) is 1. The van der Waals surface area contributed by atoms with Crippen molar-refractivity contribution in [3.8, 4) is 0 Å². The first-order valence-electron chi connectivity index (χ1n) is 8.05. The fourth-order valence-electron chi connectivity index (χ4n) is 4.11. The first kappa shape index (κ1) is 13.4. The van der Waals surface area contributed by atoms with Crippen LogP contribution < -0.4 is 5.32 Å². The largest absolute Gasteiger partial charge is 0.292 e. The second-order valence-electron chi connectivity index (χ2n) is 6.38. The molecule has 1 N–H and O–H groups in total. The van der Waals surface area contributed by atoms with Gasteiger partial charge in [0.25, 0.3) is 5.91 Å². The number of carbonyl (C=O) groups is 2. The van der Waals surface area contributed by atoms with Gasteiger partial charge in [-0.05, 0) is 18.1 Å². The van der Waals surface area contributed by atoms with Crippen LogP contribution in [0.2, 0.25) is 0 Å². The number of fused-ring (bicyclic) bond motifs is 4. The van der Waals surface area contributed by atoms with Crippen molar-refractivity contribution in [1.29, 1.82) is 0 Å². The topological polar surface area (TPSA) is 58.5 Å². The SMILES string of the molecule is O=C1NC(=O)C2C1=C1C(=Nc3ccccc31)CC2c1ccccc1. The van der Waals surface area contributed by atoms with Crippen molar-refractivity contribution in [2.24, 2.45) is 10.9 Å². The van der Waals surface area contributed by atoms with Crippen LogP contribution in [0.15, 0.2) is 65.2 Å². The van der Waals surface area contributed by atoms with E-state index in [4.69, 9.17) is 4.99 Å². The van der Waals surface area contributed by atoms with Crippen molar-refractivity contribution >= 4 is 28.8 Å². The van der Waals surface area contributed by atoms with Crippen molar-refractivity contribution in [3.63, 3.8) is 0 Å². The average molecular weight is 314 g/mol. The van der Waals surface area contributed by atoms with E-state index in [1.807, 2.05) is 54.6 Å². The summed E-state index contributed by atoms with van der Waals surface area (Å²) in [4.78, 5) is 29.7. The van der Waals surface area contributed by atoms with E-state index in [1.165, 1.54) is 0 Å². The first-order valence-corrected chi connectivity index (χ1v) is 8.05. The monoisotopic (exact) mass is 314 g/mol. The lowest BCUT2D eigenvalue weighted by Crippen LogP contribution is -2.29. The van der Waals surface area contributed by atoms with Crippen LogP contribution in [0.4, 0.5) is 5.69 Å². The summed E-state index contributed by atoms with van der Waals surface area (Å²) in [6, 6.07) is 17.7. The van der Waals surface area contributed by atoms with Crippen LogP contribution in [-0.4, -0.2) is 17.5 Å². The molecule has 0 aromatic heterocycles. The molecule has 0 spiro atoms. The lowest BCUT2D eigenvalue weighted by Gasteiger charge is -2.28. The molecule has 116 valence electrons. The first-order chi connectivity index (χ1) is 11.7. The summed E-state index contributed by atoms with van der Waals surface area (Å²) >= 11 is 0. The highest BCUT2D eigenvalue weighted by molar-refractivity contribution is 6.37. The van der Waals surface area contributed by atoms with Crippen molar-refractivity contribution in [1.82, 2.24) is 5.32 Å². The van der Waals surface area contributed by atoms with Gasteiger partial charge in [0.15, 0.2) is 0 Å². The second-order valence-corrected chi connectivity index (χ2v) is 6.38. The third-order valence-corrected chi connectivity index (χ3v) is 5.10. The Morgan fingerprint density at radius 2 is 1.71 bits per heavy atom. The molecule has 0 saturated carbocycles. The number of benzene rings is 2. The van der Waals surface area contributed by atoms with Gasteiger partial charge >= 0.3 is 0 Å². The summed E-state index contributed by atoms with van der Waals surface area (Å²) in [7, 11) is 0. The van der Waals surface area contributed by atoms with Gasteiger partial charge in [0, 0.05) is 22.6 Å². The van der Waals surface area contributed by atoms with Gasteiger partial charge in [-0.25, -0.2) is 0 Å². The Balaban J connectivity index is 1.76. The summed E-state index contributed by atoms with van der Waals surface area (Å²) in [6.45, 7) is 0. The molecule has 0 radical (unpaired) electrons. The molecule has 1 aliphatic carbocycles. The Bertz CT molecular complexity index is 957. The highest BCUT2D eigenvalue weighted by Gasteiger charge is 2.49. The minimum atomic E-state index is -0.431. The lowest BCUT2D eigenvalue weighted by molar-refractivity contribution is -0.125. The Labute approximate surface area is 138 Å². The summed E-state index contributed by atoms with van der Waals surface area (Å²) < 4.78 is 0. The molecule has 4 heteroatoms. The van der Waals surface area contributed by atoms with Crippen LogP contribution in [0, 0.1) is 5.92 Å². The number of rotatable bonds is 1. The molecule has 5 rings (SSSR count). The van der Waals surface area contributed by atoms with Gasteiger partial charge in [-0.1, -0.05) is 48.5 Å². The molecule has 2 atom stereocenters. The van der Waals surface area contributed by atoms with Crippen molar-refractivity contribution in [2.75, 3.05) is 0 Å². The van der Waals surface area contributed by atoms with E-state index in [0.29, 0.717) is 12.0 Å². The quantitative estimate of drug-likeness (QED) is 0.823. The number of imide groups is 1. The zero-order chi connectivity index (χ0) is 16.3. The van der Waals surface area contributed by atoms with E-state index in [0.717, 1.165) is 28.1 Å². The molecule has 2 amide bonds. The van der Waals surface area contributed by atoms with Crippen molar-refractivity contribution in [2.45, 2.75) is 12.3 Å². The molecule has 2 aromatic rings. The lowest BCUT2D eigenvalue weighted by atomic mass is 9.71. The smallest absolute Gasteiger partial charge is 0.255 e. The van der Waals surface area contributed by atoms with Crippen LogP contribution in [0.25, 0.3) is 5.57 Å². The molecular weight excluding hydrogens is 300 g/mol. The van der Waals surface area contributed by atoms with Crippen LogP contribution in [0.3, 0.4) is 0 Å². The molecule has 2 aromatic carbocycles. The Hall–Kier alpha value is -3.01. The fourth-order valence-corrected chi connectivity index (χ4v) is 4.11. The number of nitrogens with zero attached hydrogens (tertiary/aromatic N) is 1. The van der Waals surface area contributed by atoms with Crippen LogP contribution >= 0.6 is 0 Å². The maximum Gasteiger partial charge on any atom is 0.255 e. The van der Waals surface area contributed by atoms with E-state index >= 15 is 0 Å². The molecule has 1 fully saturated rings. The zero-order valence-electron chi connectivity index (χ0n) is 12.8. The van der Waals surface area contributed by atoms with Gasteiger partial charge in [0.05, 0.1) is 17.3 Å². The zero-order valence-corrected chi connectivity index (χ0v) is 12.8. The van der Waals surface area contributed by atoms with Gasteiger partial charge in [0.2, 0.25) is 5.91 Å². The minimum Gasteiger partial charge on any atom is -0.292 e. The second kappa shape index (κ2) is 4.74. The van der Waals surface area contributed by atoms with E-state index < -0.39 is 5.92 Å². The maximum absolute atomic E-state index is 12.5. The van der Waals surface area contributed by atoms with Crippen molar-refractivity contribution < 1.29 is 9.59 Å². The number of para-hydroxylation sites is 1. The average Bonchev–Trinajstić information content (AvgIpc) is 3.12. The van der Waals surface area contributed by atoms with Gasteiger partial charge in [0.1, 0.15) is 0 Å². The molecule has 2 unspecified atom stereocenters. The molecule has 3 aliphatic rings. The summed E-state index contributed by atoms with van der Waals surface area (Å²) in [5.74, 6) is -0.950. The number of carbonyl (C=O) groups excluding carboxylic acids is 2. The number of amides is 2. The number of hydrogen-bond donors (Lipinski definition) is 1. The molecule has 0 bridgehead atoms. The van der Waals surface area contributed by atoms with Crippen LogP contribution in [-0.2, 0) is 9.59 Å². The maximum atomic E-state index is 12.5. The number of aliphatic imine (C=N–C) groups is 1.